The molecule has 2 nitrogen and oxygen atoms in total. The maximum Gasteiger partial charge on any atom is 0.416 e. The first-order valence-corrected chi connectivity index (χ1v) is 8.94. The van der Waals surface area contributed by atoms with E-state index in [4.69, 9.17) is 28.9 Å². The van der Waals surface area contributed by atoms with E-state index >= 15 is 0 Å². The van der Waals surface area contributed by atoms with E-state index in [9.17, 15) is 13.2 Å². The van der Waals surface area contributed by atoms with Crippen molar-refractivity contribution < 1.29 is 13.2 Å². The monoisotopic (exact) mass is 400 g/mol. The highest BCUT2D eigenvalue weighted by Gasteiger charge is 2.30. The van der Waals surface area contributed by atoms with Gasteiger partial charge in [-0.2, -0.15) is 13.2 Å². The molecule has 0 aliphatic rings. The number of unbranched alkanes of at least 4 members (excludes halogenated alkanes) is 1. The van der Waals surface area contributed by atoms with Gasteiger partial charge < -0.3 is 10.7 Å². The largest absolute Gasteiger partial charge is 0.416 e. The molecule has 3 N–H and O–H groups in total. The van der Waals surface area contributed by atoms with Crippen LogP contribution in [0.5, 0.6) is 0 Å². The Morgan fingerprint density at radius 3 is 2.31 bits per heavy atom. The summed E-state index contributed by atoms with van der Waals surface area (Å²) in [6, 6.07) is 8.54. The van der Waals surface area contributed by atoms with Crippen LogP contribution in [-0.2, 0) is 12.6 Å². The van der Waals surface area contributed by atoms with Crippen molar-refractivity contribution in [1.82, 2.24) is 4.98 Å². The molecule has 3 aromatic rings. The van der Waals surface area contributed by atoms with Crippen LogP contribution in [0.25, 0.3) is 22.2 Å². The lowest BCUT2D eigenvalue weighted by molar-refractivity contribution is -0.137. The molecular weight excluding hydrogens is 384 g/mol. The molecule has 0 amide bonds. The summed E-state index contributed by atoms with van der Waals surface area (Å²) in [6.07, 6.45) is -1.94. The van der Waals surface area contributed by atoms with Crippen molar-refractivity contribution >= 4 is 34.1 Å². The van der Waals surface area contributed by atoms with E-state index in [1.807, 2.05) is 0 Å². The van der Waals surface area contributed by atoms with Crippen LogP contribution < -0.4 is 5.73 Å². The van der Waals surface area contributed by atoms with Gasteiger partial charge in [-0.15, -0.1) is 0 Å². The molecule has 3 rings (SSSR count). The molecule has 0 aliphatic carbocycles. The molecule has 0 bridgehead atoms. The Bertz CT molecular complexity index is 915. The lowest BCUT2D eigenvalue weighted by Gasteiger charge is -2.09. The van der Waals surface area contributed by atoms with Crippen molar-refractivity contribution in [3.63, 3.8) is 0 Å². The molecule has 0 unspecified atom stereocenters. The zero-order valence-electron chi connectivity index (χ0n) is 13.8. The van der Waals surface area contributed by atoms with Gasteiger partial charge >= 0.3 is 6.18 Å². The molecule has 0 fully saturated rings. The number of halogens is 5. The fraction of sp³-hybridized carbons (Fsp3) is 0.263. The first-order chi connectivity index (χ1) is 12.3. The highest BCUT2D eigenvalue weighted by atomic mass is 35.5. The Balaban J connectivity index is 2.11. The lowest BCUT2D eigenvalue weighted by atomic mass is 9.99. The molecule has 7 heteroatoms. The number of nitrogens with two attached hydrogens (primary N) is 1. The van der Waals surface area contributed by atoms with E-state index in [2.05, 4.69) is 4.98 Å². The van der Waals surface area contributed by atoms with Crippen LogP contribution in [0, 0.1) is 0 Å². The van der Waals surface area contributed by atoms with Gasteiger partial charge in [0, 0.05) is 21.6 Å². The summed E-state index contributed by atoms with van der Waals surface area (Å²) in [6.45, 7) is 0.581. The zero-order valence-corrected chi connectivity index (χ0v) is 15.3. The molecular formula is C19H17Cl2F3N2. The second kappa shape index (κ2) is 7.51. The SMILES string of the molecule is NCCCCc1c(-c2ccc(C(F)(F)F)cc2)[nH]c2cc(Cl)cc(Cl)c12. The number of hydrogen-bond acceptors (Lipinski definition) is 1. The Labute approximate surface area is 159 Å². The molecule has 26 heavy (non-hydrogen) atoms. The van der Waals surface area contributed by atoms with Gasteiger partial charge in [0.2, 0.25) is 0 Å². The number of benzene rings is 2. The molecule has 1 aromatic heterocycles. The molecule has 0 spiro atoms. The Hall–Kier alpha value is -1.69. The molecule has 0 saturated carbocycles. The quantitative estimate of drug-likeness (QED) is 0.475. The van der Waals surface area contributed by atoms with Crippen molar-refractivity contribution in [2.45, 2.75) is 25.4 Å². The van der Waals surface area contributed by atoms with Gasteiger partial charge in [-0.1, -0.05) is 35.3 Å². The van der Waals surface area contributed by atoms with Crippen molar-refractivity contribution in [3.8, 4) is 11.3 Å². The number of H-pyrrole nitrogens is 1. The summed E-state index contributed by atoms with van der Waals surface area (Å²) in [4.78, 5) is 3.27. The molecule has 2 aromatic carbocycles. The van der Waals surface area contributed by atoms with Crippen molar-refractivity contribution in [2.24, 2.45) is 5.73 Å². The van der Waals surface area contributed by atoms with Crippen LogP contribution in [0.4, 0.5) is 13.2 Å². The summed E-state index contributed by atoms with van der Waals surface area (Å²) < 4.78 is 38.5. The number of fused-ring (bicyclic) bond motifs is 1. The van der Waals surface area contributed by atoms with Crippen LogP contribution in [0.1, 0.15) is 24.0 Å². The average molecular weight is 401 g/mol. The maximum absolute atomic E-state index is 12.8. The second-order valence-electron chi connectivity index (χ2n) is 6.11. The summed E-state index contributed by atoms with van der Waals surface area (Å²) >= 11 is 12.5. The molecule has 0 aliphatic heterocycles. The minimum absolute atomic E-state index is 0.497. The van der Waals surface area contributed by atoms with Gasteiger partial charge in [0.25, 0.3) is 0 Å². The Morgan fingerprint density at radius 1 is 1.00 bits per heavy atom. The Morgan fingerprint density at radius 2 is 1.69 bits per heavy atom. The normalized spacial score (nSPS) is 12.1. The maximum atomic E-state index is 12.8. The topological polar surface area (TPSA) is 41.8 Å². The number of aromatic nitrogens is 1. The lowest BCUT2D eigenvalue weighted by Crippen LogP contribution is -2.04. The predicted molar refractivity (Wildman–Crippen MR) is 101 cm³/mol. The third-order valence-corrected chi connectivity index (χ3v) is 4.82. The molecule has 1 heterocycles. The van der Waals surface area contributed by atoms with Crippen LogP contribution >= 0.6 is 23.2 Å². The first kappa shape index (κ1) is 19.1. The van der Waals surface area contributed by atoms with Crippen molar-refractivity contribution in [1.29, 1.82) is 0 Å². The smallest absolute Gasteiger partial charge is 0.354 e. The van der Waals surface area contributed by atoms with Gasteiger partial charge in [-0.25, -0.2) is 0 Å². The zero-order chi connectivity index (χ0) is 18.9. The fourth-order valence-corrected chi connectivity index (χ4v) is 3.69. The molecule has 0 atom stereocenters. The van der Waals surface area contributed by atoms with E-state index in [1.54, 1.807) is 12.1 Å². The van der Waals surface area contributed by atoms with Crippen LogP contribution in [0.15, 0.2) is 36.4 Å². The number of aryl methyl sites for hydroxylation is 1. The Kier molecular flexibility index (Phi) is 5.51. The van der Waals surface area contributed by atoms with E-state index in [0.29, 0.717) is 22.2 Å². The van der Waals surface area contributed by atoms with E-state index in [0.717, 1.165) is 53.6 Å². The van der Waals surface area contributed by atoms with Crippen LogP contribution in [0.2, 0.25) is 10.0 Å². The van der Waals surface area contributed by atoms with Gasteiger partial charge in [0.15, 0.2) is 0 Å². The molecule has 0 saturated heterocycles. The molecule has 138 valence electrons. The van der Waals surface area contributed by atoms with E-state index < -0.39 is 11.7 Å². The summed E-state index contributed by atoms with van der Waals surface area (Å²) in [5, 5.41) is 1.86. The third-order valence-electron chi connectivity index (χ3n) is 4.30. The van der Waals surface area contributed by atoms with E-state index in [-0.39, 0.29) is 0 Å². The number of rotatable bonds is 5. The van der Waals surface area contributed by atoms with Gasteiger partial charge in [-0.3, -0.25) is 0 Å². The minimum Gasteiger partial charge on any atom is -0.354 e. The first-order valence-electron chi connectivity index (χ1n) is 8.18. The number of nitrogens with one attached hydrogen (secondary N) is 1. The van der Waals surface area contributed by atoms with E-state index in [1.165, 1.54) is 12.1 Å². The standard InChI is InChI=1S/C19H17Cl2F3N2/c20-13-9-15(21)17-14(3-1-2-8-25)18(26-16(17)10-13)11-4-6-12(7-5-11)19(22,23)24/h4-7,9-10,26H,1-3,8,25H2. The highest BCUT2D eigenvalue weighted by molar-refractivity contribution is 6.39. The summed E-state index contributed by atoms with van der Waals surface area (Å²) in [7, 11) is 0. The van der Waals surface area contributed by atoms with Crippen LogP contribution in [-0.4, -0.2) is 11.5 Å². The minimum atomic E-state index is -4.36. The average Bonchev–Trinajstić information content (AvgIpc) is 2.93. The third kappa shape index (κ3) is 3.85. The summed E-state index contributed by atoms with van der Waals surface area (Å²) in [5.74, 6) is 0. The number of hydrogen-bond donors (Lipinski definition) is 2. The fourth-order valence-electron chi connectivity index (χ4n) is 3.08. The predicted octanol–water partition coefficient (Wildman–Crippen LogP) is 6.44. The van der Waals surface area contributed by atoms with Crippen molar-refractivity contribution in [2.75, 3.05) is 6.54 Å². The molecule has 0 radical (unpaired) electrons. The summed E-state index contributed by atoms with van der Waals surface area (Å²) in [5.41, 5.74) is 8.06. The van der Waals surface area contributed by atoms with Gasteiger partial charge in [-0.05, 0) is 61.2 Å². The number of alkyl halides is 3. The second-order valence-corrected chi connectivity index (χ2v) is 6.95. The van der Waals surface area contributed by atoms with Crippen molar-refractivity contribution in [3.05, 3.63) is 57.6 Å². The highest BCUT2D eigenvalue weighted by Crippen LogP contribution is 2.38. The number of aromatic amines is 1. The van der Waals surface area contributed by atoms with Gasteiger partial charge in [0.1, 0.15) is 0 Å². The van der Waals surface area contributed by atoms with Gasteiger partial charge in [0.05, 0.1) is 10.6 Å². The van der Waals surface area contributed by atoms with Crippen LogP contribution in [0.3, 0.4) is 0 Å².